The first-order valence-electron chi connectivity index (χ1n) is 7.53. The number of rotatable bonds is 7. The number of carbonyl (C=O) groups excluding carboxylic acids is 1. The predicted molar refractivity (Wildman–Crippen MR) is 87.1 cm³/mol. The van der Waals surface area contributed by atoms with Gasteiger partial charge in [0.2, 0.25) is 5.91 Å². The minimum atomic E-state index is -0.604. The monoisotopic (exact) mass is 292 g/mol. The summed E-state index contributed by atoms with van der Waals surface area (Å²) in [4.78, 5) is 12.6. The standard InChI is InChI=1S/C17H28N2O2/c1-6-21-11-15(12(2)3)19-16(20)17(4,5)13-7-9-14(18)10-8-13/h7-10,12,15H,6,11,18H2,1-5H3,(H,19,20). The van der Waals surface area contributed by atoms with Crippen molar-refractivity contribution in [3.05, 3.63) is 29.8 Å². The molecule has 118 valence electrons. The minimum absolute atomic E-state index is 0.00525. The molecule has 0 bridgehead atoms. The first-order chi connectivity index (χ1) is 9.78. The maximum absolute atomic E-state index is 12.6. The molecule has 0 heterocycles. The van der Waals surface area contributed by atoms with E-state index >= 15 is 0 Å². The lowest BCUT2D eigenvalue weighted by Gasteiger charge is -2.29. The molecule has 0 spiro atoms. The highest BCUT2D eigenvalue weighted by molar-refractivity contribution is 5.87. The molecule has 1 atom stereocenters. The zero-order valence-corrected chi connectivity index (χ0v) is 13.8. The van der Waals surface area contributed by atoms with E-state index in [1.54, 1.807) is 0 Å². The van der Waals surface area contributed by atoms with Crippen LogP contribution in [0.2, 0.25) is 0 Å². The van der Waals surface area contributed by atoms with Crippen LogP contribution in [0.5, 0.6) is 0 Å². The molecule has 1 rings (SSSR count). The first-order valence-corrected chi connectivity index (χ1v) is 7.53. The number of nitrogen functional groups attached to an aromatic ring is 1. The number of benzene rings is 1. The van der Waals surface area contributed by atoms with Gasteiger partial charge in [0, 0.05) is 12.3 Å². The molecule has 0 aliphatic carbocycles. The van der Waals surface area contributed by atoms with Crippen LogP contribution in [0.25, 0.3) is 0 Å². The van der Waals surface area contributed by atoms with Gasteiger partial charge in [0.1, 0.15) is 0 Å². The Kier molecular flexibility index (Phi) is 6.21. The Bertz CT molecular complexity index is 452. The number of nitrogens with two attached hydrogens (primary N) is 1. The van der Waals surface area contributed by atoms with Crippen molar-refractivity contribution in [3.8, 4) is 0 Å². The summed E-state index contributed by atoms with van der Waals surface area (Å²) in [6.07, 6.45) is 0. The van der Waals surface area contributed by atoms with E-state index in [2.05, 4.69) is 19.2 Å². The smallest absolute Gasteiger partial charge is 0.230 e. The molecule has 1 aromatic carbocycles. The number of amides is 1. The normalized spacial score (nSPS) is 13.2. The van der Waals surface area contributed by atoms with Gasteiger partial charge in [0.05, 0.1) is 18.1 Å². The number of carbonyl (C=O) groups is 1. The fraction of sp³-hybridized carbons (Fsp3) is 0.588. The highest BCUT2D eigenvalue weighted by atomic mass is 16.5. The minimum Gasteiger partial charge on any atom is -0.399 e. The summed E-state index contributed by atoms with van der Waals surface area (Å²) in [5.41, 5.74) is 6.75. The summed E-state index contributed by atoms with van der Waals surface area (Å²) in [7, 11) is 0. The fourth-order valence-corrected chi connectivity index (χ4v) is 2.03. The predicted octanol–water partition coefficient (Wildman–Crippen LogP) is 2.72. The number of ether oxygens (including phenoxy) is 1. The molecule has 1 unspecified atom stereocenters. The molecular weight excluding hydrogens is 264 g/mol. The van der Waals surface area contributed by atoms with E-state index in [1.807, 2.05) is 45.0 Å². The Morgan fingerprint density at radius 3 is 2.33 bits per heavy atom. The zero-order chi connectivity index (χ0) is 16.0. The van der Waals surface area contributed by atoms with Gasteiger partial charge in [-0.25, -0.2) is 0 Å². The number of nitrogens with one attached hydrogen (secondary N) is 1. The second-order valence-electron chi connectivity index (χ2n) is 6.23. The van der Waals surface area contributed by atoms with Gasteiger partial charge in [-0.05, 0) is 44.4 Å². The summed E-state index contributed by atoms with van der Waals surface area (Å²) >= 11 is 0. The molecular formula is C17H28N2O2. The van der Waals surface area contributed by atoms with Gasteiger partial charge >= 0.3 is 0 Å². The van der Waals surface area contributed by atoms with Crippen LogP contribution in [0.4, 0.5) is 5.69 Å². The van der Waals surface area contributed by atoms with Crippen LogP contribution in [-0.4, -0.2) is 25.2 Å². The lowest BCUT2D eigenvalue weighted by Crippen LogP contribution is -2.49. The molecule has 0 fully saturated rings. The van der Waals surface area contributed by atoms with Crippen molar-refractivity contribution in [2.24, 2.45) is 5.92 Å². The maximum Gasteiger partial charge on any atom is 0.230 e. The number of anilines is 1. The van der Waals surface area contributed by atoms with Crippen molar-refractivity contribution < 1.29 is 9.53 Å². The molecule has 4 nitrogen and oxygen atoms in total. The summed E-state index contributed by atoms with van der Waals surface area (Å²) in [5.74, 6) is 0.327. The molecule has 0 saturated heterocycles. The van der Waals surface area contributed by atoms with Crippen molar-refractivity contribution in [2.75, 3.05) is 18.9 Å². The second-order valence-corrected chi connectivity index (χ2v) is 6.23. The summed E-state index contributed by atoms with van der Waals surface area (Å²) in [6.45, 7) is 11.2. The number of hydrogen-bond donors (Lipinski definition) is 2. The molecule has 0 aromatic heterocycles. The van der Waals surface area contributed by atoms with E-state index in [0.29, 0.717) is 24.8 Å². The molecule has 0 aliphatic heterocycles. The van der Waals surface area contributed by atoms with Crippen LogP contribution in [0.3, 0.4) is 0 Å². The van der Waals surface area contributed by atoms with Gasteiger partial charge < -0.3 is 15.8 Å². The lowest BCUT2D eigenvalue weighted by molar-refractivity contribution is -0.127. The van der Waals surface area contributed by atoms with Crippen molar-refractivity contribution in [2.45, 2.75) is 46.1 Å². The second kappa shape index (κ2) is 7.46. The van der Waals surface area contributed by atoms with Gasteiger partial charge in [0.25, 0.3) is 0 Å². The molecule has 0 aliphatic rings. The van der Waals surface area contributed by atoms with Crippen LogP contribution in [0.1, 0.15) is 40.2 Å². The highest BCUT2D eigenvalue weighted by Gasteiger charge is 2.31. The van der Waals surface area contributed by atoms with E-state index in [1.165, 1.54) is 0 Å². The van der Waals surface area contributed by atoms with E-state index in [-0.39, 0.29) is 11.9 Å². The summed E-state index contributed by atoms with van der Waals surface area (Å²) < 4.78 is 5.46. The highest BCUT2D eigenvalue weighted by Crippen LogP contribution is 2.24. The van der Waals surface area contributed by atoms with E-state index in [4.69, 9.17) is 10.5 Å². The molecule has 0 radical (unpaired) electrons. The maximum atomic E-state index is 12.6. The Labute approximate surface area is 128 Å². The molecule has 3 N–H and O–H groups in total. The SMILES string of the molecule is CCOCC(NC(=O)C(C)(C)c1ccc(N)cc1)C(C)C. The third-order valence-electron chi connectivity index (χ3n) is 3.82. The third-order valence-corrected chi connectivity index (χ3v) is 3.82. The molecule has 1 aromatic rings. The molecule has 4 heteroatoms. The quantitative estimate of drug-likeness (QED) is 0.759. The molecule has 0 saturated carbocycles. The Morgan fingerprint density at radius 2 is 1.86 bits per heavy atom. The van der Waals surface area contributed by atoms with Gasteiger partial charge in [-0.15, -0.1) is 0 Å². The molecule has 1 amide bonds. The van der Waals surface area contributed by atoms with E-state index in [9.17, 15) is 4.79 Å². The van der Waals surface area contributed by atoms with Gasteiger partial charge in [-0.2, -0.15) is 0 Å². The van der Waals surface area contributed by atoms with Crippen LogP contribution in [-0.2, 0) is 14.9 Å². The van der Waals surface area contributed by atoms with Crippen molar-refractivity contribution >= 4 is 11.6 Å². The Morgan fingerprint density at radius 1 is 1.29 bits per heavy atom. The average Bonchev–Trinajstić information content (AvgIpc) is 2.43. The van der Waals surface area contributed by atoms with Crippen molar-refractivity contribution in [1.29, 1.82) is 0 Å². The largest absolute Gasteiger partial charge is 0.399 e. The van der Waals surface area contributed by atoms with Crippen LogP contribution >= 0.6 is 0 Å². The van der Waals surface area contributed by atoms with Gasteiger partial charge in [-0.1, -0.05) is 26.0 Å². The van der Waals surface area contributed by atoms with Gasteiger partial charge in [-0.3, -0.25) is 4.79 Å². The summed E-state index contributed by atoms with van der Waals surface area (Å²) in [6, 6.07) is 7.48. The number of hydrogen-bond acceptors (Lipinski definition) is 3. The fourth-order valence-electron chi connectivity index (χ4n) is 2.03. The third kappa shape index (κ3) is 4.74. The van der Waals surface area contributed by atoms with Gasteiger partial charge in [0.15, 0.2) is 0 Å². The topological polar surface area (TPSA) is 64.3 Å². The van der Waals surface area contributed by atoms with Crippen LogP contribution < -0.4 is 11.1 Å². The summed E-state index contributed by atoms with van der Waals surface area (Å²) in [5, 5.41) is 3.11. The lowest BCUT2D eigenvalue weighted by atomic mass is 9.83. The Balaban J connectivity index is 2.81. The van der Waals surface area contributed by atoms with Crippen LogP contribution in [0, 0.1) is 5.92 Å². The van der Waals surface area contributed by atoms with E-state index < -0.39 is 5.41 Å². The average molecular weight is 292 g/mol. The first kappa shape index (κ1) is 17.5. The van der Waals surface area contributed by atoms with Crippen molar-refractivity contribution in [3.63, 3.8) is 0 Å². The van der Waals surface area contributed by atoms with E-state index in [0.717, 1.165) is 5.56 Å². The molecule has 21 heavy (non-hydrogen) atoms. The van der Waals surface area contributed by atoms with Crippen molar-refractivity contribution in [1.82, 2.24) is 5.32 Å². The zero-order valence-electron chi connectivity index (χ0n) is 13.8. The van der Waals surface area contributed by atoms with Crippen LogP contribution in [0.15, 0.2) is 24.3 Å². The Hall–Kier alpha value is -1.55.